The predicted octanol–water partition coefficient (Wildman–Crippen LogP) is -4.98. The number of nitrogens with one attached hydrogen (secondary N) is 12. The van der Waals surface area contributed by atoms with E-state index in [4.69, 9.17) is 20.4 Å². The molecule has 0 saturated heterocycles. The molecule has 0 aliphatic carbocycles. The van der Waals surface area contributed by atoms with Gasteiger partial charge in [0.15, 0.2) is 0 Å². The van der Waals surface area contributed by atoms with Crippen molar-refractivity contribution >= 4 is 119 Å². The number of carboxylic acids is 12. The summed E-state index contributed by atoms with van der Waals surface area (Å²) >= 11 is 0. The minimum atomic E-state index is -1.68. The molecule has 0 unspecified atom stereocenters. The Kier molecular flexibility index (Phi) is 45.9. The average Bonchev–Trinajstić information content (AvgIpc) is 1.17. The number of carbonyl (C=O) groups is 20. The van der Waals surface area contributed by atoms with Gasteiger partial charge in [-0.15, -0.1) is 0 Å². The zero-order valence-electron chi connectivity index (χ0n) is 56.3. The largest absolute Gasteiger partial charge is 0.481 e. The van der Waals surface area contributed by atoms with Crippen molar-refractivity contribution in [1.29, 1.82) is 0 Å². The highest BCUT2D eigenvalue weighted by Crippen LogP contribution is 2.09. The van der Waals surface area contributed by atoms with Crippen LogP contribution in [0, 0.1) is 0 Å². The molecular formula is C58H92N14O32. The zero-order valence-corrected chi connectivity index (χ0v) is 56.3. The van der Waals surface area contributed by atoms with Crippen LogP contribution in [0.2, 0.25) is 0 Å². The van der Waals surface area contributed by atoms with Crippen LogP contribution in [0.25, 0.3) is 0 Å². The molecule has 8 atom stereocenters. The van der Waals surface area contributed by atoms with Crippen LogP contribution in [-0.4, -0.2) is 304 Å². The Morgan fingerprint density at radius 2 is 0.375 bits per heavy atom. The SMILES string of the molecule is O=C(O)CC[C@H](NC(=O)N[C@@H](CCCCNC(=O)CN(CCN(CC(=O)NCCCC[C@H](NC(=O)N[C@@H](CCC(=O)O)C(=O)O)C(=O)O)CC(=O)NCCCC[C@H](NC(=O)N[C@@H](CCC(=O)O)C(=O)O)C(=O)O)CC(=O)NCCCC[C@H](NC(=O)N[C@@H](CCC(=O)O)C(=O)O)C(=O)O)C(=O)O)C(=O)O. The summed E-state index contributed by atoms with van der Waals surface area (Å²) in [4.78, 5) is 244. The van der Waals surface area contributed by atoms with Crippen molar-refractivity contribution in [2.24, 2.45) is 0 Å². The maximum Gasteiger partial charge on any atom is 0.326 e. The molecule has 0 spiro atoms. The number of aliphatic carboxylic acids is 12. The van der Waals surface area contributed by atoms with E-state index >= 15 is 0 Å². The molecular weight excluding hydrogens is 1400 g/mol. The molecule has 0 aromatic heterocycles. The summed E-state index contributed by atoms with van der Waals surface area (Å²) in [5, 5.41) is 138. The van der Waals surface area contributed by atoms with E-state index in [1.807, 2.05) is 21.3 Å². The average molecular weight is 1500 g/mol. The summed E-state index contributed by atoms with van der Waals surface area (Å²) in [5.41, 5.74) is 0. The van der Waals surface area contributed by atoms with Gasteiger partial charge in [-0.25, -0.2) is 57.5 Å². The van der Waals surface area contributed by atoms with Gasteiger partial charge in [-0.2, -0.15) is 0 Å². The number of hydrogen-bond acceptors (Lipinski definition) is 22. The third kappa shape index (κ3) is 46.0. The van der Waals surface area contributed by atoms with E-state index in [0.717, 1.165) is 0 Å². The maximum atomic E-state index is 13.5. The van der Waals surface area contributed by atoms with E-state index in [-0.39, 0.29) is 116 Å². The lowest BCUT2D eigenvalue weighted by Crippen LogP contribution is -2.51. The first-order valence-electron chi connectivity index (χ1n) is 32.3. The number of nitrogens with zero attached hydrogens (tertiary/aromatic N) is 2. The lowest BCUT2D eigenvalue weighted by atomic mass is 10.1. The first-order chi connectivity index (χ1) is 48.8. The van der Waals surface area contributed by atoms with Crippen LogP contribution in [0.4, 0.5) is 19.2 Å². The fourth-order valence-electron chi connectivity index (χ4n) is 9.11. The molecule has 0 fully saturated rings. The third-order valence-corrected chi connectivity index (χ3v) is 14.6. The van der Waals surface area contributed by atoms with E-state index in [9.17, 15) is 137 Å². The van der Waals surface area contributed by atoms with Crippen LogP contribution in [0.3, 0.4) is 0 Å². The van der Waals surface area contributed by atoms with Gasteiger partial charge in [0.25, 0.3) is 0 Å². The standard InChI is InChI=1S/C58H92N14O32/c73-39(59-21-5-1-9-31(47(85)86)63-55(101)67-35(51(93)94)13-17-43(77)78)27-71(28-40(74)60-22-6-2-10-32(48(87)88)64-56(102)68-36(52(95)96)14-18-44(79)80)25-26-72(29-41(75)61-23-7-3-11-33(49(89)90)65-57(103)69-37(53(97)98)15-19-45(81)82)30-42(76)62-24-8-4-12-34(50(91)92)66-58(104)70-38(54(99)100)16-20-46(83)84/h31-38H,1-30H2,(H,59,73)(H,60,74)(H,61,75)(H,62,76)(H,77,78)(H,79,80)(H,81,82)(H,83,84)(H,85,86)(H,87,88)(H,89,90)(H,91,92)(H,93,94)(H,95,96)(H,97,98)(H,99,100)(H2,63,67,101)(H2,64,68,102)(H2,65,69,103)(H2,66,70,104)/t31-,32-,33-,34-,35-,36-,37-,38-/m0/s1. The van der Waals surface area contributed by atoms with Crippen LogP contribution in [0.5, 0.6) is 0 Å². The van der Waals surface area contributed by atoms with Crippen LogP contribution >= 0.6 is 0 Å². The Labute approximate surface area is 590 Å². The van der Waals surface area contributed by atoms with Crippen LogP contribution in [-0.2, 0) is 76.7 Å². The third-order valence-electron chi connectivity index (χ3n) is 14.6. The molecule has 0 saturated carbocycles. The molecule has 0 rings (SSSR count). The highest BCUT2D eigenvalue weighted by atomic mass is 16.4. The Morgan fingerprint density at radius 3 is 0.519 bits per heavy atom. The molecule has 12 amide bonds. The summed E-state index contributed by atoms with van der Waals surface area (Å²) in [6.45, 7) is -3.51. The van der Waals surface area contributed by atoms with Gasteiger partial charge in [0.2, 0.25) is 23.6 Å². The van der Waals surface area contributed by atoms with Crippen LogP contribution in [0.15, 0.2) is 0 Å². The van der Waals surface area contributed by atoms with E-state index in [0.29, 0.717) is 0 Å². The fourth-order valence-corrected chi connectivity index (χ4v) is 9.11. The maximum absolute atomic E-state index is 13.5. The number of amides is 12. The van der Waals surface area contributed by atoms with Crippen molar-refractivity contribution in [1.82, 2.24) is 73.6 Å². The van der Waals surface area contributed by atoms with Crippen molar-refractivity contribution in [2.75, 3.05) is 65.4 Å². The number of carbonyl (C=O) groups excluding carboxylic acids is 8. The van der Waals surface area contributed by atoms with Gasteiger partial charge in [-0.1, -0.05) is 0 Å². The molecule has 46 nitrogen and oxygen atoms in total. The molecule has 0 radical (unpaired) electrons. The molecule has 0 aliphatic rings. The van der Waals surface area contributed by atoms with Gasteiger partial charge in [0, 0.05) is 65.0 Å². The van der Waals surface area contributed by atoms with Crippen molar-refractivity contribution in [2.45, 2.75) is 177 Å². The van der Waals surface area contributed by atoms with Gasteiger partial charge in [-0.05, 0) is 103 Å². The number of hydrogen-bond donors (Lipinski definition) is 24. The quantitative estimate of drug-likeness (QED) is 0.0254. The number of unbranched alkanes of at least 4 members (excludes halogenated alkanes) is 4. The fraction of sp³-hybridized carbons (Fsp3) is 0.655. The molecule has 0 aromatic carbocycles. The van der Waals surface area contributed by atoms with E-state index in [2.05, 4.69) is 42.5 Å². The summed E-state index contributed by atoms with van der Waals surface area (Å²) in [5.74, 6) is -20.9. The van der Waals surface area contributed by atoms with Gasteiger partial charge < -0.3 is 125 Å². The summed E-state index contributed by atoms with van der Waals surface area (Å²) in [6.07, 6.45) is -5.39. The summed E-state index contributed by atoms with van der Waals surface area (Å²) < 4.78 is 0. The monoisotopic (exact) mass is 1500 g/mol. The molecule has 586 valence electrons. The molecule has 0 bridgehead atoms. The summed E-state index contributed by atoms with van der Waals surface area (Å²) in [7, 11) is 0. The second kappa shape index (κ2) is 51.6. The van der Waals surface area contributed by atoms with Gasteiger partial charge in [0.1, 0.15) is 48.3 Å². The first kappa shape index (κ1) is 92.5. The lowest BCUT2D eigenvalue weighted by Gasteiger charge is -2.26. The molecule has 24 N–H and O–H groups in total. The zero-order chi connectivity index (χ0) is 79.0. The highest BCUT2D eigenvalue weighted by molar-refractivity contribution is 5.90. The Balaban J connectivity index is 6.62. The van der Waals surface area contributed by atoms with Gasteiger partial charge in [-0.3, -0.25) is 48.2 Å². The number of rotatable bonds is 59. The highest BCUT2D eigenvalue weighted by Gasteiger charge is 2.30. The van der Waals surface area contributed by atoms with E-state index in [1.54, 1.807) is 0 Å². The van der Waals surface area contributed by atoms with Crippen LogP contribution in [0.1, 0.15) is 128 Å². The minimum Gasteiger partial charge on any atom is -0.481 e. The summed E-state index contributed by atoms with van der Waals surface area (Å²) in [6, 6.07) is -18.0. The van der Waals surface area contributed by atoms with Crippen molar-refractivity contribution in [3.8, 4) is 0 Å². The Bertz CT molecular complexity index is 2600. The molecule has 0 aromatic rings. The van der Waals surface area contributed by atoms with Gasteiger partial charge in [0.05, 0.1) is 26.2 Å². The van der Waals surface area contributed by atoms with E-state index < -0.39 is 245 Å². The second-order valence-electron chi connectivity index (χ2n) is 23.1. The molecule has 0 aliphatic heterocycles. The predicted molar refractivity (Wildman–Crippen MR) is 346 cm³/mol. The van der Waals surface area contributed by atoms with Crippen LogP contribution < -0.4 is 63.8 Å². The Hall–Kier alpha value is -11.5. The smallest absolute Gasteiger partial charge is 0.326 e. The second-order valence-corrected chi connectivity index (χ2v) is 23.1. The molecule has 46 heteroatoms. The Morgan fingerprint density at radius 1 is 0.221 bits per heavy atom. The number of urea groups is 4. The molecule has 0 heterocycles. The normalized spacial score (nSPS) is 13.1. The topological polar surface area (TPSA) is 735 Å². The first-order valence-corrected chi connectivity index (χ1v) is 32.3. The lowest BCUT2D eigenvalue weighted by molar-refractivity contribution is -0.142. The van der Waals surface area contributed by atoms with Crippen molar-refractivity contribution in [3.05, 3.63) is 0 Å². The minimum absolute atomic E-state index is 0.0165. The van der Waals surface area contributed by atoms with Crippen molar-refractivity contribution < 1.29 is 157 Å². The molecule has 104 heavy (non-hydrogen) atoms. The van der Waals surface area contributed by atoms with E-state index in [1.165, 1.54) is 9.80 Å². The van der Waals surface area contributed by atoms with Gasteiger partial charge >= 0.3 is 95.8 Å². The van der Waals surface area contributed by atoms with Crippen molar-refractivity contribution in [3.63, 3.8) is 0 Å². The number of carboxylic acid groups (broad SMARTS) is 12.